The molecule has 0 radical (unpaired) electrons. The number of pyridine rings is 1. The van der Waals surface area contributed by atoms with Crippen LogP contribution in [0, 0.1) is 18.3 Å². The Labute approximate surface area is 175 Å². The molecule has 152 valence electrons. The van der Waals surface area contributed by atoms with Gasteiger partial charge in [0.05, 0.1) is 10.3 Å². The lowest BCUT2D eigenvalue weighted by atomic mass is 9.64. The summed E-state index contributed by atoms with van der Waals surface area (Å²) in [6, 6.07) is 3.85. The number of rotatable bonds is 6. The predicted octanol–water partition coefficient (Wildman–Crippen LogP) is 4.52. The van der Waals surface area contributed by atoms with E-state index in [1.165, 1.54) is 24.2 Å². The minimum Gasteiger partial charge on any atom is -0.369 e. The molecule has 1 aliphatic carbocycles. The van der Waals surface area contributed by atoms with Crippen molar-refractivity contribution in [3.05, 3.63) is 46.9 Å². The molecule has 3 aromatic heterocycles. The fourth-order valence-electron chi connectivity index (χ4n) is 4.31. The summed E-state index contributed by atoms with van der Waals surface area (Å²) in [4.78, 5) is 29.3. The third-order valence-corrected chi connectivity index (χ3v) is 6.87. The van der Waals surface area contributed by atoms with Crippen LogP contribution in [0.1, 0.15) is 47.5 Å². The van der Waals surface area contributed by atoms with Gasteiger partial charge in [-0.3, -0.25) is 9.78 Å². The maximum absolute atomic E-state index is 13.1. The van der Waals surface area contributed by atoms with E-state index in [-0.39, 0.29) is 5.91 Å². The Kier molecular flexibility index (Phi) is 5.25. The van der Waals surface area contributed by atoms with Crippen molar-refractivity contribution in [2.75, 3.05) is 18.9 Å². The van der Waals surface area contributed by atoms with Gasteiger partial charge in [0, 0.05) is 32.5 Å². The summed E-state index contributed by atoms with van der Waals surface area (Å²) < 4.78 is 0. The van der Waals surface area contributed by atoms with Gasteiger partial charge in [0.25, 0.3) is 5.91 Å². The Balaban J connectivity index is 1.53. The number of aromatic nitrogens is 3. The van der Waals surface area contributed by atoms with Gasteiger partial charge in [-0.25, -0.2) is 9.97 Å². The molecule has 3 heterocycles. The highest BCUT2D eigenvalue weighted by molar-refractivity contribution is 7.20. The number of carbonyl (C=O) groups is 1. The standard InChI is InChI=1S/C22H27N5OS/c1-14-17-19(24-11-16-9-22(2,3)10-16)25-13-26-20(17)29-18(14)21(28)27(4)12-15-5-7-23-8-6-15/h5-8,13,16H,9-12H2,1-4H3,(H,24,25,26). The molecule has 0 bridgehead atoms. The van der Waals surface area contributed by atoms with Crippen molar-refractivity contribution in [1.82, 2.24) is 19.9 Å². The van der Waals surface area contributed by atoms with Crippen LogP contribution in [0.4, 0.5) is 5.82 Å². The van der Waals surface area contributed by atoms with E-state index in [0.717, 1.165) is 38.6 Å². The maximum atomic E-state index is 13.1. The van der Waals surface area contributed by atoms with Crippen LogP contribution in [0.2, 0.25) is 0 Å². The molecule has 7 heteroatoms. The number of carbonyl (C=O) groups excluding carboxylic acids is 1. The summed E-state index contributed by atoms with van der Waals surface area (Å²) in [7, 11) is 1.83. The smallest absolute Gasteiger partial charge is 0.264 e. The first-order valence-corrected chi connectivity index (χ1v) is 10.8. The quantitative estimate of drug-likeness (QED) is 0.648. The summed E-state index contributed by atoms with van der Waals surface area (Å²) >= 11 is 1.44. The first kappa shape index (κ1) is 19.8. The average Bonchev–Trinajstić information content (AvgIpc) is 3.02. The normalized spacial score (nSPS) is 15.9. The SMILES string of the molecule is Cc1c(C(=O)N(C)Cc2ccncc2)sc2ncnc(NCC3CC(C)(C)C3)c12. The number of anilines is 1. The Morgan fingerprint density at radius 1 is 1.28 bits per heavy atom. The zero-order valence-corrected chi connectivity index (χ0v) is 18.2. The highest BCUT2D eigenvalue weighted by Gasteiger charge is 2.35. The lowest BCUT2D eigenvalue weighted by Gasteiger charge is -2.42. The van der Waals surface area contributed by atoms with E-state index in [1.807, 2.05) is 26.1 Å². The van der Waals surface area contributed by atoms with Crippen molar-refractivity contribution < 1.29 is 4.79 Å². The summed E-state index contributed by atoms with van der Waals surface area (Å²) in [5.74, 6) is 1.53. The molecule has 1 amide bonds. The number of nitrogens with one attached hydrogen (secondary N) is 1. The van der Waals surface area contributed by atoms with Crippen molar-refractivity contribution in [2.24, 2.45) is 11.3 Å². The van der Waals surface area contributed by atoms with Crippen LogP contribution in [-0.4, -0.2) is 39.4 Å². The van der Waals surface area contributed by atoms with Gasteiger partial charge in [0.1, 0.15) is 17.0 Å². The second kappa shape index (κ2) is 7.71. The summed E-state index contributed by atoms with van der Waals surface area (Å²) in [5, 5.41) is 4.48. The lowest BCUT2D eigenvalue weighted by molar-refractivity contribution is 0.0789. The third-order valence-electron chi connectivity index (χ3n) is 5.68. The summed E-state index contributed by atoms with van der Waals surface area (Å²) in [5.41, 5.74) is 2.47. The van der Waals surface area contributed by atoms with Crippen LogP contribution in [0.15, 0.2) is 30.9 Å². The molecule has 0 saturated heterocycles. The fourth-order valence-corrected chi connectivity index (χ4v) is 5.45. The van der Waals surface area contributed by atoms with Gasteiger partial charge in [-0.15, -0.1) is 11.3 Å². The van der Waals surface area contributed by atoms with Crippen LogP contribution in [-0.2, 0) is 6.54 Å². The molecule has 0 aliphatic heterocycles. The van der Waals surface area contributed by atoms with Gasteiger partial charge in [-0.05, 0) is 54.4 Å². The number of amides is 1. The summed E-state index contributed by atoms with van der Waals surface area (Å²) in [6.45, 7) is 8.08. The van der Waals surface area contributed by atoms with Gasteiger partial charge in [0.15, 0.2) is 0 Å². The fraction of sp³-hybridized carbons (Fsp3) is 0.455. The minimum absolute atomic E-state index is 0.00834. The van der Waals surface area contributed by atoms with E-state index in [2.05, 4.69) is 34.1 Å². The second-order valence-electron chi connectivity index (χ2n) is 8.79. The molecule has 0 unspecified atom stereocenters. The Morgan fingerprint density at radius 3 is 2.69 bits per heavy atom. The predicted molar refractivity (Wildman–Crippen MR) is 117 cm³/mol. The molecular weight excluding hydrogens is 382 g/mol. The minimum atomic E-state index is 0.00834. The molecule has 1 fully saturated rings. The van der Waals surface area contributed by atoms with E-state index in [1.54, 1.807) is 23.6 Å². The molecule has 1 aliphatic rings. The van der Waals surface area contributed by atoms with Crippen molar-refractivity contribution in [2.45, 2.75) is 40.2 Å². The number of aryl methyl sites for hydroxylation is 1. The van der Waals surface area contributed by atoms with Crippen LogP contribution >= 0.6 is 11.3 Å². The highest BCUT2D eigenvalue weighted by Crippen LogP contribution is 2.44. The Morgan fingerprint density at radius 2 is 2.00 bits per heavy atom. The molecule has 0 spiro atoms. The number of hydrogen-bond donors (Lipinski definition) is 1. The average molecular weight is 410 g/mol. The van der Waals surface area contributed by atoms with Gasteiger partial charge in [-0.2, -0.15) is 0 Å². The van der Waals surface area contributed by atoms with Crippen LogP contribution < -0.4 is 5.32 Å². The lowest BCUT2D eigenvalue weighted by Crippen LogP contribution is -2.35. The highest BCUT2D eigenvalue weighted by atomic mass is 32.1. The zero-order valence-electron chi connectivity index (χ0n) is 17.4. The number of thiophene rings is 1. The van der Waals surface area contributed by atoms with E-state index in [9.17, 15) is 4.79 Å². The molecule has 29 heavy (non-hydrogen) atoms. The maximum Gasteiger partial charge on any atom is 0.264 e. The van der Waals surface area contributed by atoms with E-state index < -0.39 is 0 Å². The van der Waals surface area contributed by atoms with Crippen molar-refractivity contribution in [3.63, 3.8) is 0 Å². The topological polar surface area (TPSA) is 71.0 Å². The molecular formula is C22H27N5OS. The van der Waals surface area contributed by atoms with E-state index in [4.69, 9.17) is 0 Å². The van der Waals surface area contributed by atoms with Crippen LogP contribution in [0.3, 0.4) is 0 Å². The molecule has 4 rings (SSSR count). The van der Waals surface area contributed by atoms with Crippen LogP contribution in [0.5, 0.6) is 0 Å². The molecule has 1 N–H and O–H groups in total. The molecule has 0 aromatic carbocycles. The molecule has 1 saturated carbocycles. The Bertz CT molecular complexity index is 1020. The van der Waals surface area contributed by atoms with Crippen molar-refractivity contribution in [1.29, 1.82) is 0 Å². The van der Waals surface area contributed by atoms with Gasteiger partial charge in [0.2, 0.25) is 0 Å². The first-order valence-electron chi connectivity index (χ1n) is 9.96. The molecule has 3 aromatic rings. The monoisotopic (exact) mass is 409 g/mol. The molecule has 0 atom stereocenters. The summed E-state index contributed by atoms with van der Waals surface area (Å²) in [6.07, 6.45) is 7.55. The first-order chi connectivity index (χ1) is 13.8. The van der Waals surface area contributed by atoms with Gasteiger partial charge >= 0.3 is 0 Å². The van der Waals surface area contributed by atoms with Gasteiger partial charge < -0.3 is 10.2 Å². The van der Waals surface area contributed by atoms with E-state index >= 15 is 0 Å². The Hall–Kier alpha value is -2.54. The van der Waals surface area contributed by atoms with Crippen molar-refractivity contribution >= 4 is 33.3 Å². The second-order valence-corrected chi connectivity index (χ2v) is 9.79. The van der Waals surface area contributed by atoms with Gasteiger partial charge in [-0.1, -0.05) is 13.8 Å². The number of hydrogen-bond acceptors (Lipinski definition) is 6. The molecule has 6 nitrogen and oxygen atoms in total. The largest absolute Gasteiger partial charge is 0.369 e. The zero-order chi connectivity index (χ0) is 20.6. The number of nitrogens with zero attached hydrogens (tertiary/aromatic N) is 4. The third kappa shape index (κ3) is 4.10. The van der Waals surface area contributed by atoms with Crippen molar-refractivity contribution in [3.8, 4) is 0 Å². The van der Waals surface area contributed by atoms with Crippen LogP contribution in [0.25, 0.3) is 10.2 Å². The number of fused-ring (bicyclic) bond motifs is 1. The van der Waals surface area contributed by atoms with E-state index in [0.29, 0.717) is 17.9 Å².